The molecule has 0 aliphatic heterocycles. The van der Waals surface area contributed by atoms with Crippen LogP contribution in [-0.2, 0) is 37.1 Å². The van der Waals surface area contributed by atoms with Gasteiger partial charge in [-0.05, 0) is 70.3 Å². The van der Waals surface area contributed by atoms with Gasteiger partial charge in [0.25, 0.3) is 0 Å². The summed E-state index contributed by atoms with van der Waals surface area (Å²) < 4.78 is 6.41. The van der Waals surface area contributed by atoms with Gasteiger partial charge < -0.3 is 5.48 Å². The van der Waals surface area contributed by atoms with E-state index in [1.54, 1.807) is 32.6 Å². The molecule has 0 aliphatic rings. The maximum absolute atomic E-state index is 5.12. The first-order chi connectivity index (χ1) is 35.5. The third-order valence-electron chi connectivity index (χ3n) is 9.35. The van der Waals surface area contributed by atoms with Gasteiger partial charge >= 0.3 is 86.4 Å². The zero-order chi connectivity index (χ0) is 54.2. The molecule has 7 nitrogen and oxygen atoms in total. The van der Waals surface area contributed by atoms with Crippen LogP contribution in [0.1, 0.15) is 18.6 Å². The number of hydrogen-bond acceptors (Lipinski definition) is 4. The number of hydrogen-bond donors (Lipinski definition) is 0. The van der Waals surface area contributed by atoms with Gasteiger partial charge in [-0.1, -0.05) is 241 Å². The minimum atomic E-state index is -1.23. The third-order valence-corrected chi connectivity index (χ3v) is 16.5. The summed E-state index contributed by atoms with van der Waals surface area (Å²) in [6, 6.07) is 64.7. The molecule has 0 saturated carbocycles. The van der Waals surface area contributed by atoms with Crippen LogP contribution in [0.2, 0.25) is 39.3 Å². The van der Waals surface area contributed by atoms with E-state index < -0.39 is 32.0 Å². The Bertz CT molecular complexity index is 2760. The second-order valence-corrected chi connectivity index (χ2v) is 35.5. The summed E-state index contributed by atoms with van der Waals surface area (Å²) >= 11 is 2.11. The molecule has 0 amide bonds. The second-order valence-electron chi connectivity index (χ2n) is 17.9. The number of rotatable bonds is 6. The Morgan fingerprint density at radius 3 is 0.872 bits per heavy atom. The van der Waals surface area contributed by atoms with E-state index in [0.29, 0.717) is 0 Å². The SMILES string of the molecule is C.C#C[Si](C)(C)C.C#Cc1cnn(C)c1.Cn1cc(C#C[Si](C)(C)C)cn1.Cn1cc(I)cn1.F.[Cl][Pd][Cl].[K+].[OH-].c1ccc(P(c2ccccc2)c2ccccc2)cc1.c1ccc(P(c2ccccc2)c2ccccc2)cc1. The van der Waals surface area contributed by atoms with Crippen LogP contribution in [0, 0.1) is 39.3 Å². The zero-order valence-electron chi connectivity index (χ0n) is 45.3. The van der Waals surface area contributed by atoms with Crippen molar-refractivity contribution in [1.82, 2.24) is 29.3 Å². The van der Waals surface area contributed by atoms with E-state index in [1.165, 1.54) is 35.4 Å². The summed E-state index contributed by atoms with van der Waals surface area (Å²) in [7, 11) is 12.0. The Morgan fingerprint density at radius 1 is 0.474 bits per heavy atom. The molecule has 9 rings (SSSR count). The third kappa shape index (κ3) is 32.6. The quantitative estimate of drug-likeness (QED) is 0.0719. The van der Waals surface area contributed by atoms with Crippen molar-refractivity contribution in [2.75, 3.05) is 0 Å². The van der Waals surface area contributed by atoms with Gasteiger partial charge in [-0.2, -0.15) is 15.3 Å². The molecule has 17 heteroatoms. The van der Waals surface area contributed by atoms with E-state index in [0.717, 1.165) is 11.1 Å². The van der Waals surface area contributed by atoms with Gasteiger partial charge in [0, 0.05) is 39.7 Å². The normalized spacial score (nSPS) is 9.59. The molecule has 0 atom stereocenters. The second kappa shape index (κ2) is 43.2. The van der Waals surface area contributed by atoms with Crippen LogP contribution in [0.25, 0.3) is 0 Å². The van der Waals surface area contributed by atoms with E-state index >= 15 is 0 Å². The minimum absolute atomic E-state index is 0. The number of aromatic nitrogens is 6. The molecular formula is C61H71Cl2FIKN6OP2PdSi2. The fourth-order valence-corrected chi connectivity index (χ4v) is 11.6. The molecule has 3 heterocycles. The first-order valence-corrected chi connectivity index (χ1v) is 38.0. The first kappa shape index (κ1) is 76.5. The Balaban J connectivity index is 0. The van der Waals surface area contributed by atoms with Crippen molar-refractivity contribution in [3.63, 3.8) is 0 Å². The zero-order valence-corrected chi connectivity index (χ0v) is 57.5. The molecule has 0 unspecified atom stereocenters. The molecule has 408 valence electrons. The smallest absolute Gasteiger partial charge is 0.870 e. The Hall–Kier alpha value is -3.58. The number of terminal acetylenes is 2. The average molecular weight is 1380 g/mol. The monoisotopic (exact) mass is 1380 g/mol. The minimum Gasteiger partial charge on any atom is -0.870 e. The van der Waals surface area contributed by atoms with E-state index in [9.17, 15) is 0 Å². The van der Waals surface area contributed by atoms with Crippen LogP contribution in [0.5, 0.6) is 0 Å². The van der Waals surface area contributed by atoms with Gasteiger partial charge in [-0.3, -0.25) is 18.7 Å². The number of halogens is 4. The summed E-state index contributed by atoms with van der Waals surface area (Å²) in [5.74, 6) is 5.60. The van der Waals surface area contributed by atoms with Crippen molar-refractivity contribution < 1.29 is 77.5 Å². The Morgan fingerprint density at radius 2 is 0.718 bits per heavy atom. The van der Waals surface area contributed by atoms with Crippen molar-refractivity contribution in [2.24, 2.45) is 21.1 Å². The van der Waals surface area contributed by atoms with Crippen molar-refractivity contribution in [1.29, 1.82) is 0 Å². The van der Waals surface area contributed by atoms with Crippen molar-refractivity contribution in [3.8, 4) is 35.8 Å². The molecule has 0 fully saturated rings. The summed E-state index contributed by atoms with van der Waals surface area (Å²) in [6.45, 7) is 13.1. The summed E-state index contributed by atoms with van der Waals surface area (Å²) in [6.07, 6.45) is 21.1. The number of nitrogens with zero attached hydrogens (tertiary/aromatic N) is 6. The van der Waals surface area contributed by atoms with E-state index in [2.05, 4.69) is 282 Å². The van der Waals surface area contributed by atoms with Gasteiger partial charge in [0.1, 0.15) is 16.1 Å². The molecule has 0 aliphatic carbocycles. The van der Waals surface area contributed by atoms with E-state index in [4.69, 9.17) is 31.9 Å². The standard InChI is InChI=1S/2C18H15P.C9H14N2Si.C6H6N2.C5H10Si.C4H5IN2.CH4.2ClH.FH.K.H2O.Pd/c2*1-4-10-16(11-5-1)19(17-12-6-2-7-13-17)18-14-8-3-9-15-18;1-11-8-9(7-10-11)5-6-12(2,3)4;1-3-6-4-7-8(2)5-6;1-5-6(2,3)4;1-7-3-4(5)2-6-7;;;;;;;/h2*1-15H;7-8H,1-4H3;1,4-5H,2H3;1H,2-4H3;2-3H,1H3;1H4;3*1H;;1H2;/q;;;;;;;;;;+1;;+2/p-3. The summed E-state index contributed by atoms with van der Waals surface area (Å²) in [4.78, 5) is 0. The van der Waals surface area contributed by atoms with Crippen LogP contribution < -0.4 is 83.2 Å². The molecule has 3 aromatic heterocycles. The summed E-state index contributed by atoms with van der Waals surface area (Å²) in [5, 5.41) is 20.2. The predicted molar refractivity (Wildman–Crippen MR) is 346 cm³/mol. The molecule has 78 heavy (non-hydrogen) atoms. The average Bonchev–Trinajstić information content (AvgIpc) is 4.15. The van der Waals surface area contributed by atoms with Gasteiger partial charge in [0.15, 0.2) is 0 Å². The number of aryl methyl sites for hydroxylation is 3. The largest absolute Gasteiger partial charge is 1.00 e. The van der Waals surface area contributed by atoms with Crippen molar-refractivity contribution >= 4 is 105 Å². The molecule has 0 bridgehead atoms. The van der Waals surface area contributed by atoms with Gasteiger partial charge in [-0.25, -0.2) is 0 Å². The number of benzene rings is 6. The van der Waals surface area contributed by atoms with Crippen LogP contribution in [0.4, 0.5) is 4.70 Å². The molecule has 0 spiro atoms. The fourth-order valence-electron chi connectivity index (χ4n) is 5.99. The predicted octanol–water partition coefficient (Wildman–Crippen LogP) is 10.5. The van der Waals surface area contributed by atoms with Crippen LogP contribution in [0.3, 0.4) is 0 Å². The molecule has 9 aromatic rings. The van der Waals surface area contributed by atoms with Crippen molar-refractivity contribution in [2.45, 2.75) is 46.7 Å². The molecule has 0 saturated heterocycles. The maximum atomic E-state index is 5.12. The van der Waals surface area contributed by atoms with Crippen molar-refractivity contribution in [3.05, 3.63) is 234 Å². The summed E-state index contributed by atoms with van der Waals surface area (Å²) in [5.41, 5.74) is 7.87. The first-order valence-electron chi connectivity index (χ1n) is 23.3. The fraction of sp³-hybridized carbons (Fsp3) is 0.164. The Kier molecular flexibility index (Phi) is 42.4. The van der Waals surface area contributed by atoms with Crippen LogP contribution in [-0.4, -0.2) is 51.0 Å². The van der Waals surface area contributed by atoms with Gasteiger partial charge in [-0.15, -0.1) is 23.9 Å². The van der Waals surface area contributed by atoms with Crippen LogP contribution >= 0.6 is 57.5 Å². The molecule has 0 radical (unpaired) electrons. The van der Waals surface area contributed by atoms with E-state index in [-0.39, 0.29) is 84.9 Å². The molecule has 6 aromatic carbocycles. The van der Waals surface area contributed by atoms with Gasteiger partial charge in [0.05, 0.1) is 33.3 Å². The maximum Gasteiger partial charge on any atom is 1.00 e. The molecular weight excluding hydrogens is 1310 g/mol. The van der Waals surface area contributed by atoms with Crippen LogP contribution in [0.15, 0.2) is 219 Å². The topological polar surface area (TPSA) is 83.5 Å². The van der Waals surface area contributed by atoms with Gasteiger partial charge in [0.2, 0.25) is 0 Å². The molecule has 1 N–H and O–H groups in total. The van der Waals surface area contributed by atoms with E-state index in [1.807, 2.05) is 39.7 Å². The Labute approximate surface area is 543 Å².